The number of nitrogen functional groups attached to an aromatic ring is 1. The number of fused-ring (bicyclic) bond motifs is 1. The lowest BCUT2D eigenvalue weighted by molar-refractivity contribution is 0.529. The Hall–Kier alpha value is -2.63. The fourth-order valence-corrected chi connectivity index (χ4v) is 3.29. The zero-order valence-corrected chi connectivity index (χ0v) is 12.9. The highest BCUT2D eigenvalue weighted by molar-refractivity contribution is 5.84. The van der Waals surface area contributed by atoms with Gasteiger partial charge in [-0.3, -0.25) is 0 Å². The molecule has 0 bridgehead atoms. The monoisotopic (exact) mass is 308 g/mol. The molecule has 1 fully saturated rings. The van der Waals surface area contributed by atoms with Gasteiger partial charge in [-0.15, -0.1) is 0 Å². The molecule has 6 nitrogen and oxygen atoms in total. The van der Waals surface area contributed by atoms with E-state index in [2.05, 4.69) is 37.0 Å². The highest BCUT2D eigenvalue weighted by Gasteiger charge is 2.21. The van der Waals surface area contributed by atoms with E-state index in [4.69, 9.17) is 5.73 Å². The summed E-state index contributed by atoms with van der Waals surface area (Å²) in [6.07, 6.45) is 6.78. The number of hydrogen-bond donors (Lipinski definition) is 2. The Balaban J connectivity index is 1.66. The third-order valence-corrected chi connectivity index (χ3v) is 4.46. The minimum absolute atomic E-state index is 0.285. The molecule has 6 heteroatoms. The largest absolute Gasteiger partial charge is 0.368 e. The molecule has 3 N–H and O–H groups in total. The SMILES string of the molecule is Nc1nc(NCc2ccccc2)c2ncn(C3CCCC3)c2n1. The Labute approximate surface area is 134 Å². The maximum Gasteiger partial charge on any atom is 0.224 e. The zero-order chi connectivity index (χ0) is 15.6. The number of nitrogens with zero attached hydrogens (tertiary/aromatic N) is 4. The van der Waals surface area contributed by atoms with Gasteiger partial charge in [0.2, 0.25) is 5.95 Å². The molecule has 4 rings (SSSR count). The van der Waals surface area contributed by atoms with Crippen molar-refractivity contribution in [1.82, 2.24) is 19.5 Å². The predicted molar refractivity (Wildman–Crippen MR) is 91.0 cm³/mol. The van der Waals surface area contributed by atoms with Crippen LogP contribution in [0.1, 0.15) is 37.3 Å². The Morgan fingerprint density at radius 2 is 1.91 bits per heavy atom. The van der Waals surface area contributed by atoms with Crippen LogP contribution in [-0.4, -0.2) is 19.5 Å². The highest BCUT2D eigenvalue weighted by Crippen LogP contribution is 2.32. The minimum atomic E-state index is 0.285. The number of imidazole rings is 1. The Kier molecular flexibility index (Phi) is 3.57. The second-order valence-electron chi connectivity index (χ2n) is 6.03. The number of rotatable bonds is 4. The van der Waals surface area contributed by atoms with Gasteiger partial charge in [0, 0.05) is 12.6 Å². The van der Waals surface area contributed by atoms with Gasteiger partial charge in [0.1, 0.15) is 0 Å². The molecule has 0 radical (unpaired) electrons. The van der Waals surface area contributed by atoms with Gasteiger partial charge in [-0.1, -0.05) is 43.2 Å². The fourth-order valence-electron chi connectivity index (χ4n) is 3.29. The van der Waals surface area contributed by atoms with E-state index >= 15 is 0 Å². The smallest absolute Gasteiger partial charge is 0.224 e. The number of nitrogens with one attached hydrogen (secondary N) is 1. The van der Waals surface area contributed by atoms with Crippen molar-refractivity contribution in [2.45, 2.75) is 38.3 Å². The molecular formula is C17H20N6. The molecule has 3 aromatic rings. The molecular weight excluding hydrogens is 288 g/mol. The second kappa shape index (κ2) is 5.87. The van der Waals surface area contributed by atoms with Crippen molar-refractivity contribution in [3.63, 3.8) is 0 Å². The van der Waals surface area contributed by atoms with E-state index in [1.807, 2.05) is 24.5 Å². The average Bonchev–Trinajstić information content (AvgIpc) is 3.22. The molecule has 1 aliphatic carbocycles. The number of anilines is 2. The highest BCUT2D eigenvalue weighted by atomic mass is 15.2. The van der Waals surface area contributed by atoms with Gasteiger partial charge < -0.3 is 15.6 Å². The molecule has 0 atom stereocenters. The normalized spacial score (nSPS) is 15.3. The number of hydrogen-bond acceptors (Lipinski definition) is 5. The number of aromatic nitrogens is 4. The molecule has 1 aromatic carbocycles. The van der Waals surface area contributed by atoms with Crippen LogP contribution in [0.4, 0.5) is 11.8 Å². The van der Waals surface area contributed by atoms with Crippen LogP contribution in [0.15, 0.2) is 36.7 Å². The summed E-state index contributed by atoms with van der Waals surface area (Å²) in [5.74, 6) is 0.987. The van der Waals surface area contributed by atoms with E-state index in [9.17, 15) is 0 Å². The first-order valence-corrected chi connectivity index (χ1v) is 8.09. The second-order valence-corrected chi connectivity index (χ2v) is 6.03. The average molecular weight is 308 g/mol. The van der Waals surface area contributed by atoms with Crippen LogP contribution in [0.25, 0.3) is 11.2 Å². The van der Waals surface area contributed by atoms with Gasteiger partial charge in [0.05, 0.1) is 6.33 Å². The fraction of sp³-hybridized carbons (Fsp3) is 0.353. The van der Waals surface area contributed by atoms with E-state index in [0.29, 0.717) is 18.4 Å². The van der Waals surface area contributed by atoms with Crippen LogP contribution in [0, 0.1) is 0 Å². The van der Waals surface area contributed by atoms with E-state index in [1.165, 1.54) is 31.2 Å². The maximum absolute atomic E-state index is 5.92. The van der Waals surface area contributed by atoms with Gasteiger partial charge in [0.15, 0.2) is 17.0 Å². The molecule has 0 amide bonds. The van der Waals surface area contributed by atoms with E-state index in [1.54, 1.807) is 0 Å². The molecule has 2 heterocycles. The number of nitrogens with two attached hydrogens (primary N) is 1. The third-order valence-electron chi connectivity index (χ3n) is 4.46. The van der Waals surface area contributed by atoms with Crippen molar-refractivity contribution >= 4 is 22.9 Å². The van der Waals surface area contributed by atoms with Gasteiger partial charge in [-0.05, 0) is 18.4 Å². The molecule has 0 unspecified atom stereocenters. The van der Waals surface area contributed by atoms with E-state index in [-0.39, 0.29) is 5.95 Å². The van der Waals surface area contributed by atoms with Crippen molar-refractivity contribution in [1.29, 1.82) is 0 Å². The Bertz CT molecular complexity index is 805. The summed E-state index contributed by atoms with van der Waals surface area (Å²) in [5.41, 5.74) is 8.73. The topological polar surface area (TPSA) is 81.6 Å². The third kappa shape index (κ3) is 2.72. The van der Waals surface area contributed by atoms with Crippen LogP contribution < -0.4 is 11.1 Å². The van der Waals surface area contributed by atoms with Crippen LogP contribution in [0.3, 0.4) is 0 Å². The Morgan fingerprint density at radius 3 is 2.70 bits per heavy atom. The van der Waals surface area contributed by atoms with Gasteiger partial charge in [0.25, 0.3) is 0 Å². The van der Waals surface area contributed by atoms with Gasteiger partial charge >= 0.3 is 0 Å². The standard InChI is InChI=1S/C17H20N6/c18-17-21-15(19-10-12-6-2-1-3-7-12)14-16(22-17)23(11-20-14)13-8-4-5-9-13/h1-3,6-7,11,13H,4-5,8-10H2,(H3,18,19,21,22). The summed E-state index contributed by atoms with van der Waals surface area (Å²) in [4.78, 5) is 13.3. The zero-order valence-electron chi connectivity index (χ0n) is 12.9. The van der Waals surface area contributed by atoms with E-state index in [0.717, 1.165) is 11.2 Å². The first-order chi connectivity index (χ1) is 11.3. The van der Waals surface area contributed by atoms with Crippen molar-refractivity contribution < 1.29 is 0 Å². The summed E-state index contributed by atoms with van der Waals surface area (Å²) in [6.45, 7) is 0.683. The lowest BCUT2D eigenvalue weighted by Crippen LogP contribution is -2.08. The van der Waals surface area contributed by atoms with Crippen LogP contribution >= 0.6 is 0 Å². The van der Waals surface area contributed by atoms with Crippen molar-refractivity contribution in [3.05, 3.63) is 42.2 Å². The molecule has 1 saturated carbocycles. The molecule has 0 saturated heterocycles. The number of benzene rings is 1. The van der Waals surface area contributed by atoms with E-state index < -0.39 is 0 Å². The van der Waals surface area contributed by atoms with Crippen molar-refractivity contribution in [2.75, 3.05) is 11.1 Å². The van der Waals surface area contributed by atoms with Gasteiger partial charge in [-0.2, -0.15) is 9.97 Å². The quantitative estimate of drug-likeness (QED) is 0.774. The van der Waals surface area contributed by atoms with Gasteiger partial charge in [-0.25, -0.2) is 4.98 Å². The first kappa shape index (κ1) is 14.0. The van der Waals surface area contributed by atoms with Crippen LogP contribution in [0.2, 0.25) is 0 Å². The lowest BCUT2D eigenvalue weighted by Gasteiger charge is -2.12. The summed E-state index contributed by atoms with van der Waals surface area (Å²) in [5, 5.41) is 3.34. The van der Waals surface area contributed by atoms with Crippen molar-refractivity contribution in [2.24, 2.45) is 0 Å². The summed E-state index contributed by atoms with van der Waals surface area (Å²) < 4.78 is 2.16. The maximum atomic E-state index is 5.92. The minimum Gasteiger partial charge on any atom is -0.368 e. The summed E-state index contributed by atoms with van der Waals surface area (Å²) in [7, 11) is 0. The molecule has 23 heavy (non-hydrogen) atoms. The predicted octanol–water partition coefficient (Wildman–Crippen LogP) is 3.14. The van der Waals surface area contributed by atoms with Crippen molar-refractivity contribution in [3.8, 4) is 0 Å². The molecule has 1 aliphatic rings. The first-order valence-electron chi connectivity index (χ1n) is 8.09. The summed E-state index contributed by atoms with van der Waals surface area (Å²) in [6, 6.07) is 10.7. The van der Waals surface area contributed by atoms with Crippen LogP contribution in [-0.2, 0) is 6.54 Å². The van der Waals surface area contributed by atoms with Crippen LogP contribution in [0.5, 0.6) is 0 Å². The molecule has 0 spiro atoms. The summed E-state index contributed by atoms with van der Waals surface area (Å²) >= 11 is 0. The molecule has 2 aromatic heterocycles. The molecule has 118 valence electrons. The lowest BCUT2D eigenvalue weighted by atomic mass is 10.2. The molecule has 0 aliphatic heterocycles. The Morgan fingerprint density at radius 1 is 1.13 bits per heavy atom.